The summed E-state index contributed by atoms with van der Waals surface area (Å²) in [4.78, 5) is 24.2. The fraction of sp³-hybridized carbons (Fsp3) is 0.174. The van der Waals surface area contributed by atoms with E-state index in [1.165, 1.54) is 17.3 Å². The number of aromatic nitrogens is 3. The summed E-state index contributed by atoms with van der Waals surface area (Å²) in [7, 11) is 0. The molecule has 0 saturated heterocycles. The van der Waals surface area contributed by atoms with Crippen molar-refractivity contribution in [2.24, 2.45) is 0 Å². The summed E-state index contributed by atoms with van der Waals surface area (Å²) >= 11 is 0. The van der Waals surface area contributed by atoms with E-state index < -0.39 is 5.41 Å². The summed E-state index contributed by atoms with van der Waals surface area (Å²) in [6, 6.07) is 18.6. The summed E-state index contributed by atoms with van der Waals surface area (Å²) in [5.41, 5.74) is 4.06. The van der Waals surface area contributed by atoms with E-state index in [9.17, 15) is 4.79 Å². The number of anilines is 1. The smallest absolute Gasteiger partial charge is 0.236 e. The van der Waals surface area contributed by atoms with Gasteiger partial charge in [-0.2, -0.15) is 0 Å². The van der Waals surface area contributed by atoms with Gasteiger partial charge >= 0.3 is 0 Å². The van der Waals surface area contributed by atoms with Crippen molar-refractivity contribution >= 4 is 22.6 Å². The van der Waals surface area contributed by atoms with Gasteiger partial charge in [-0.1, -0.05) is 36.8 Å². The van der Waals surface area contributed by atoms with E-state index >= 15 is 0 Å². The zero-order chi connectivity index (χ0) is 19.0. The number of aromatic amines is 1. The highest BCUT2D eigenvalue weighted by molar-refractivity contribution is 5.99. The van der Waals surface area contributed by atoms with Crippen LogP contribution in [0.1, 0.15) is 24.8 Å². The third-order valence-corrected chi connectivity index (χ3v) is 5.79. The summed E-state index contributed by atoms with van der Waals surface area (Å²) in [6.07, 6.45) is 7.81. The van der Waals surface area contributed by atoms with Crippen LogP contribution in [0.2, 0.25) is 0 Å². The second kappa shape index (κ2) is 6.60. The predicted molar refractivity (Wildman–Crippen MR) is 110 cm³/mol. The predicted octanol–water partition coefficient (Wildman–Crippen LogP) is 4.69. The number of nitrogens with zero attached hydrogens (tertiary/aromatic N) is 2. The summed E-state index contributed by atoms with van der Waals surface area (Å²) in [5, 5.41) is 4.15. The number of H-pyrrole nitrogens is 1. The Morgan fingerprint density at radius 1 is 1.00 bits per heavy atom. The summed E-state index contributed by atoms with van der Waals surface area (Å²) < 4.78 is 0. The van der Waals surface area contributed by atoms with Gasteiger partial charge < -0.3 is 10.3 Å². The van der Waals surface area contributed by atoms with E-state index in [0.717, 1.165) is 35.9 Å². The average Bonchev–Trinajstić information content (AvgIpc) is 3.16. The van der Waals surface area contributed by atoms with Crippen molar-refractivity contribution in [3.05, 3.63) is 78.9 Å². The standard InChI is InChI=1S/C23H20N4O/c28-22(27-21-9-12-24-15-26-21)23(10-1-11-23)19-5-2-16(3-6-19)17-4-7-20-18(14-17)8-13-25-20/h2-9,12-15,25H,1,10-11H2,(H,24,26,27,28). The molecule has 2 aromatic carbocycles. The van der Waals surface area contributed by atoms with Crippen LogP contribution in [0.5, 0.6) is 0 Å². The van der Waals surface area contributed by atoms with Crippen LogP contribution in [0.25, 0.3) is 22.0 Å². The molecule has 2 N–H and O–H groups in total. The first kappa shape index (κ1) is 16.7. The molecule has 5 heteroatoms. The number of hydrogen-bond acceptors (Lipinski definition) is 3. The molecular weight excluding hydrogens is 348 g/mol. The van der Waals surface area contributed by atoms with E-state index in [2.05, 4.69) is 68.8 Å². The van der Waals surface area contributed by atoms with Crippen molar-refractivity contribution in [1.82, 2.24) is 15.0 Å². The van der Waals surface area contributed by atoms with Crippen LogP contribution in [0, 0.1) is 0 Å². The minimum Gasteiger partial charge on any atom is -0.361 e. The molecule has 1 saturated carbocycles. The van der Waals surface area contributed by atoms with Crippen LogP contribution in [0.4, 0.5) is 5.82 Å². The minimum absolute atomic E-state index is 0.0129. The van der Waals surface area contributed by atoms with E-state index in [-0.39, 0.29) is 5.91 Å². The Hall–Kier alpha value is -3.47. The maximum Gasteiger partial charge on any atom is 0.236 e. The van der Waals surface area contributed by atoms with E-state index in [1.807, 2.05) is 6.20 Å². The fourth-order valence-corrected chi connectivity index (χ4v) is 3.99. The monoisotopic (exact) mass is 368 g/mol. The van der Waals surface area contributed by atoms with Gasteiger partial charge in [-0.05, 0) is 59.2 Å². The molecule has 28 heavy (non-hydrogen) atoms. The molecule has 0 bridgehead atoms. The quantitative estimate of drug-likeness (QED) is 0.549. The molecule has 5 nitrogen and oxygen atoms in total. The second-order valence-electron chi connectivity index (χ2n) is 7.34. The number of carbonyl (C=O) groups excluding carboxylic acids is 1. The van der Waals surface area contributed by atoms with Crippen LogP contribution in [-0.4, -0.2) is 20.9 Å². The zero-order valence-corrected chi connectivity index (χ0v) is 15.4. The number of nitrogens with one attached hydrogen (secondary N) is 2. The van der Waals surface area contributed by atoms with Gasteiger partial charge in [-0.3, -0.25) is 4.79 Å². The van der Waals surface area contributed by atoms with E-state index in [0.29, 0.717) is 5.82 Å². The molecule has 1 aliphatic carbocycles. The molecule has 2 heterocycles. The molecule has 0 aliphatic heterocycles. The van der Waals surface area contributed by atoms with Crippen molar-refractivity contribution in [2.45, 2.75) is 24.7 Å². The molecule has 4 aromatic rings. The van der Waals surface area contributed by atoms with Crippen molar-refractivity contribution in [3.63, 3.8) is 0 Å². The number of fused-ring (bicyclic) bond motifs is 1. The first-order valence-corrected chi connectivity index (χ1v) is 9.50. The molecule has 5 rings (SSSR count). The molecule has 0 spiro atoms. The lowest BCUT2D eigenvalue weighted by Gasteiger charge is -2.40. The molecule has 1 aliphatic rings. The first-order valence-electron chi connectivity index (χ1n) is 9.50. The van der Waals surface area contributed by atoms with Crippen LogP contribution in [-0.2, 0) is 10.2 Å². The lowest BCUT2D eigenvalue weighted by atomic mass is 9.63. The van der Waals surface area contributed by atoms with Gasteiger partial charge in [0.2, 0.25) is 5.91 Å². The largest absolute Gasteiger partial charge is 0.361 e. The Labute approximate surface area is 162 Å². The normalized spacial score (nSPS) is 15.1. The van der Waals surface area contributed by atoms with E-state index in [4.69, 9.17) is 0 Å². The van der Waals surface area contributed by atoms with Gasteiger partial charge in [0.05, 0.1) is 5.41 Å². The molecule has 1 amide bonds. The van der Waals surface area contributed by atoms with Gasteiger partial charge in [0.1, 0.15) is 12.1 Å². The highest BCUT2D eigenvalue weighted by Gasteiger charge is 2.45. The van der Waals surface area contributed by atoms with Crippen LogP contribution in [0.3, 0.4) is 0 Å². The number of carbonyl (C=O) groups is 1. The Kier molecular flexibility index (Phi) is 3.93. The number of hydrogen-bond donors (Lipinski definition) is 2. The zero-order valence-electron chi connectivity index (χ0n) is 15.4. The van der Waals surface area contributed by atoms with Gasteiger partial charge in [0.15, 0.2) is 0 Å². The molecule has 1 fully saturated rings. The molecule has 0 atom stereocenters. The van der Waals surface area contributed by atoms with Gasteiger partial charge in [0, 0.05) is 17.9 Å². The number of benzene rings is 2. The maximum absolute atomic E-state index is 13.0. The second-order valence-corrected chi connectivity index (χ2v) is 7.34. The molecule has 0 unspecified atom stereocenters. The molecule has 0 radical (unpaired) electrons. The van der Waals surface area contributed by atoms with Crippen LogP contribution >= 0.6 is 0 Å². The number of rotatable bonds is 4. The van der Waals surface area contributed by atoms with Gasteiger partial charge in [0.25, 0.3) is 0 Å². The Morgan fingerprint density at radius 3 is 2.54 bits per heavy atom. The van der Waals surface area contributed by atoms with Gasteiger partial charge in [-0.15, -0.1) is 0 Å². The van der Waals surface area contributed by atoms with Gasteiger partial charge in [-0.25, -0.2) is 9.97 Å². The van der Waals surface area contributed by atoms with Crippen LogP contribution in [0.15, 0.2) is 73.3 Å². The topological polar surface area (TPSA) is 70.7 Å². The molecule has 2 aromatic heterocycles. The molecular formula is C23H20N4O. The van der Waals surface area contributed by atoms with Crippen molar-refractivity contribution in [2.75, 3.05) is 5.32 Å². The lowest BCUT2D eigenvalue weighted by molar-refractivity contribution is -0.124. The van der Waals surface area contributed by atoms with Crippen molar-refractivity contribution in [1.29, 1.82) is 0 Å². The average molecular weight is 368 g/mol. The highest BCUT2D eigenvalue weighted by Crippen LogP contribution is 2.45. The van der Waals surface area contributed by atoms with Crippen LogP contribution < -0.4 is 5.32 Å². The Morgan fingerprint density at radius 2 is 1.82 bits per heavy atom. The van der Waals surface area contributed by atoms with Crippen molar-refractivity contribution in [3.8, 4) is 11.1 Å². The summed E-state index contributed by atoms with van der Waals surface area (Å²) in [6.45, 7) is 0. The maximum atomic E-state index is 13.0. The fourth-order valence-electron chi connectivity index (χ4n) is 3.99. The lowest BCUT2D eigenvalue weighted by Crippen LogP contribution is -2.46. The first-order chi connectivity index (χ1) is 13.7. The van der Waals surface area contributed by atoms with E-state index in [1.54, 1.807) is 12.3 Å². The van der Waals surface area contributed by atoms with Crippen molar-refractivity contribution < 1.29 is 4.79 Å². The third-order valence-electron chi connectivity index (χ3n) is 5.79. The Bertz CT molecular complexity index is 1130. The SMILES string of the molecule is O=C(Nc1ccncn1)C1(c2ccc(-c3ccc4[nH]ccc4c3)cc2)CCC1. The Balaban J connectivity index is 1.42. The summed E-state index contributed by atoms with van der Waals surface area (Å²) in [5.74, 6) is 0.557. The highest BCUT2D eigenvalue weighted by atomic mass is 16.2. The third kappa shape index (κ3) is 2.76. The minimum atomic E-state index is -0.464. The number of amides is 1. The molecule has 138 valence electrons.